The predicted octanol–water partition coefficient (Wildman–Crippen LogP) is 3.31. The maximum atomic E-state index is 5.60. The lowest BCUT2D eigenvalue weighted by atomic mass is 9.91. The first-order valence-electron chi connectivity index (χ1n) is 7.07. The molecule has 1 heterocycles. The molecule has 0 aromatic carbocycles. The highest BCUT2D eigenvalue weighted by Gasteiger charge is 2.29. The quantitative estimate of drug-likeness (QED) is 0.690. The summed E-state index contributed by atoms with van der Waals surface area (Å²) in [5.74, 6) is 0.821. The summed E-state index contributed by atoms with van der Waals surface area (Å²) in [4.78, 5) is 2.71. The van der Waals surface area contributed by atoms with Crippen molar-refractivity contribution in [3.05, 3.63) is 0 Å². The topological polar surface area (TPSA) is 12.5 Å². The third kappa shape index (κ3) is 3.46. The second-order valence-corrected chi connectivity index (χ2v) is 5.12. The van der Waals surface area contributed by atoms with Crippen LogP contribution in [0.15, 0.2) is 0 Å². The van der Waals surface area contributed by atoms with Gasteiger partial charge in [0.05, 0.1) is 13.2 Å². The van der Waals surface area contributed by atoms with Gasteiger partial charge in [-0.25, -0.2) is 0 Å². The zero-order chi connectivity index (χ0) is 12.0. The fourth-order valence-electron chi connectivity index (χ4n) is 3.07. The first kappa shape index (κ1) is 14.0. The largest absolute Gasteiger partial charge is 0.378 e. The minimum Gasteiger partial charge on any atom is -0.378 e. The number of ether oxygens (including phenoxy) is 1. The van der Waals surface area contributed by atoms with E-state index in [1.54, 1.807) is 0 Å². The van der Waals surface area contributed by atoms with Crippen LogP contribution in [0.25, 0.3) is 0 Å². The van der Waals surface area contributed by atoms with Crippen molar-refractivity contribution < 1.29 is 4.74 Å². The number of rotatable bonds is 6. The number of morpholine rings is 1. The van der Waals surface area contributed by atoms with Crippen LogP contribution in [0.2, 0.25) is 0 Å². The van der Waals surface area contributed by atoms with Gasteiger partial charge in [-0.15, -0.1) is 0 Å². The van der Waals surface area contributed by atoms with Gasteiger partial charge in [0.15, 0.2) is 0 Å². The number of nitrogens with zero attached hydrogens (tertiary/aromatic N) is 1. The highest BCUT2D eigenvalue weighted by Crippen LogP contribution is 2.24. The Balaban J connectivity index is 2.61. The predicted molar refractivity (Wildman–Crippen MR) is 69.8 cm³/mol. The lowest BCUT2D eigenvalue weighted by molar-refractivity contribution is -0.0425. The minimum absolute atomic E-state index is 0.651. The van der Waals surface area contributed by atoms with Crippen molar-refractivity contribution in [2.45, 2.75) is 65.5 Å². The van der Waals surface area contributed by atoms with E-state index in [4.69, 9.17) is 4.74 Å². The van der Waals surface area contributed by atoms with Gasteiger partial charge in [0, 0.05) is 18.6 Å². The third-order valence-electron chi connectivity index (χ3n) is 3.99. The molecule has 1 saturated heterocycles. The van der Waals surface area contributed by atoms with Crippen LogP contribution in [0.1, 0.15) is 53.4 Å². The van der Waals surface area contributed by atoms with Crippen LogP contribution < -0.4 is 0 Å². The number of hydrogen-bond acceptors (Lipinski definition) is 2. The van der Waals surface area contributed by atoms with E-state index in [1.807, 2.05) is 0 Å². The SMILES string of the molecule is CCCC(C)C(CC)N1CCOCC1CC. The fourth-order valence-corrected chi connectivity index (χ4v) is 3.07. The van der Waals surface area contributed by atoms with Crippen LogP contribution in [-0.4, -0.2) is 36.7 Å². The molecule has 1 aliphatic heterocycles. The molecule has 0 radical (unpaired) electrons. The molecule has 16 heavy (non-hydrogen) atoms. The smallest absolute Gasteiger partial charge is 0.0622 e. The van der Waals surface area contributed by atoms with Crippen LogP contribution in [0, 0.1) is 5.92 Å². The average molecular weight is 227 g/mol. The van der Waals surface area contributed by atoms with Crippen LogP contribution in [0.3, 0.4) is 0 Å². The van der Waals surface area contributed by atoms with Gasteiger partial charge in [-0.05, 0) is 25.2 Å². The van der Waals surface area contributed by atoms with Crippen molar-refractivity contribution in [3.63, 3.8) is 0 Å². The van der Waals surface area contributed by atoms with E-state index in [-0.39, 0.29) is 0 Å². The Kier molecular flexibility index (Phi) is 6.37. The molecule has 2 heteroatoms. The first-order valence-corrected chi connectivity index (χ1v) is 7.07. The van der Waals surface area contributed by atoms with Crippen LogP contribution in [0.5, 0.6) is 0 Å². The monoisotopic (exact) mass is 227 g/mol. The Morgan fingerprint density at radius 3 is 2.62 bits per heavy atom. The van der Waals surface area contributed by atoms with Gasteiger partial charge in [-0.1, -0.05) is 34.1 Å². The lowest BCUT2D eigenvalue weighted by Gasteiger charge is -2.43. The van der Waals surface area contributed by atoms with Crippen molar-refractivity contribution in [2.75, 3.05) is 19.8 Å². The third-order valence-corrected chi connectivity index (χ3v) is 3.99. The van der Waals surface area contributed by atoms with Gasteiger partial charge >= 0.3 is 0 Å². The standard InChI is InChI=1S/C14H29NO/c1-5-8-12(4)14(7-3)15-9-10-16-11-13(15)6-2/h12-14H,5-11H2,1-4H3. The molecule has 1 rings (SSSR count). The Bertz CT molecular complexity index is 184. The second-order valence-electron chi connectivity index (χ2n) is 5.12. The van der Waals surface area contributed by atoms with E-state index in [0.717, 1.165) is 31.7 Å². The molecular formula is C14H29NO. The Morgan fingerprint density at radius 1 is 1.31 bits per heavy atom. The van der Waals surface area contributed by atoms with Gasteiger partial charge in [-0.2, -0.15) is 0 Å². The molecule has 3 atom stereocenters. The van der Waals surface area contributed by atoms with E-state index in [0.29, 0.717) is 6.04 Å². The van der Waals surface area contributed by atoms with Crippen LogP contribution in [0.4, 0.5) is 0 Å². The van der Waals surface area contributed by atoms with Crippen molar-refractivity contribution in [2.24, 2.45) is 5.92 Å². The van der Waals surface area contributed by atoms with E-state index in [1.165, 1.54) is 25.7 Å². The van der Waals surface area contributed by atoms with Crippen molar-refractivity contribution >= 4 is 0 Å². The molecular weight excluding hydrogens is 198 g/mol. The second kappa shape index (κ2) is 7.29. The summed E-state index contributed by atoms with van der Waals surface area (Å²) in [6.07, 6.45) is 5.15. The van der Waals surface area contributed by atoms with Crippen molar-refractivity contribution in [1.29, 1.82) is 0 Å². The summed E-state index contributed by atoms with van der Waals surface area (Å²) in [6.45, 7) is 12.3. The molecule has 2 nitrogen and oxygen atoms in total. The normalized spacial score (nSPS) is 26.6. The van der Waals surface area contributed by atoms with Crippen LogP contribution >= 0.6 is 0 Å². The van der Waals surface area contributed by atoms with E-state index in [9.17, 15) is 0 Å². The van der Waals surface area contributed by atoms with Gasteiger partial charge in [0.1, 0.15) is 0 Å². The number of hydrogen-bond donors (Lipinski definition) is 0. The fraction of sp³-hybridized carbons (Fsp3) is 1.00. The maximum absolute atomic E-state index is 5.60. The zero-order valence-electron chi connectivity index (χ0n) is 11.5. The molecule has 0 saturated carbocycles. The molecule has 0 aromatic heterocycles. The molecule has 1 fully saturated rings. The average Bonchev–Trinajstić information content (AvgIpc) is 2.31. The molecule has 1 aliphatic rings. The summed E-state index contributed by atoms with van der Waals surface area (Å²) >= 11 is 0. The summed E-state index contributed by atoms with van der Waals surface area (Å²) < 4.78 is 5.60. The lowest BCUT2D eigenvalue weighted by Crippen LogP contribution is -2.52. The minimum atomic E-state index is 0.651. The molecule has 0 aliphatic carbocycles. The van der Waals surface area contributed by atoms with Crippen molar-refractivity contribution in [1.82, 2.24) is 4.90 Å². The molecule has 0 bridgehead atoms. The van der Waals surface area contributed by atoms with Gasteiger partial charge < -0.3 is 4.74 Å². The van der Waals surface area contributed by atoms with E-state index < -0.39 is 0 Å². The van der Waals surface area contributed by atoms with Gasteiger partial charge in [0.25, 0.3) is 0 Å². The molecule has 0 N–H and O–H groups in total. The Hall–Kier alpha value is -0.0800. The summed E-state index contributed by atoms with van der Waals surface area (Å²) in [7, 11) is 0. The Morgan fingerprint density at radius 2 is 2.06 bits per heavy atom. The van der Waals surface area contributed by atoms with Crippen LogP contribution in [-0.2, 0) is 4.74 Å². The van der Waals surface area contributed by atoms with E-state index in [2.05, 4.69) is 32.6 Å². The summed E-state index contributed by atoms with van der Waals surface area (Å²) in [5, 5.41) is 0. The first-order chi connectivity index (χ1) is 7.74. The molecule has 0 amide bonds. The molecule has 96 valence electrons. The van der Waals surface area contributed by atoms with E-state index >= 15 is 0 Å². The zero-order valence-corrected chi connectivity index (χ0v) is 11.5. The molecule has 0 spiro atoms. The van der Waals surface area contributed by atoms with Gasteiger partial charge in [-0.3, -0.25) is 4.90 Å². The molecule has 0 aromatic rings. The molecule has 3 unspecified atom stereocenters. The Labute approximate surface area is 101 Å². The van der Waals surface area contributed by atoms with Crippen molar-refractivity contribution in [3.8, 4) is 0 Å². The highest BCUT2D eigenvalue weighted by molar-refractivity contribution is 4.83. The summed E-state index contributed by atoms with van der Waals surface area (Å²) in [6, 6.07) is 1.41. The van der Waals surface area contributed by atoms with Gasteiger partial charge in [0.2, 0.25) is 0 Å². The highest BCUT2D eigenvalue weighted by atomic mass is 16.5. The summed E-state index contributed by atoms with van der Waals surface area (Å²) in [5.41, 5.74) is 0. The maximum Gasteiger partial charge on any atom is 0.0622 e.